The first kappa shape index (κ1) is 18.1. The molecule has 28 heavy (non-hydrogen) atoms. The fourth-order valence-corrected chi connectivity index (χ4v) is 3.74. The number of carbonyl (C=O) groups is 1. The molecule has 0 N–H and O–H groups in total. The number of allylic oxidation sites excluding steroid dienone is 1. The van der Waals surface area contributed by atoms with Crippen molar-refractivity contribution in [1.82, 2.24) is 9.38 Å². The van der Waals surface area contributed by atoms with Gasteiger partial charge in [-0.3, -0.25) is 19.3 Å². The molecule has 2 heterocycles. The summed E-state index contributed by atoms with van der Waals surface area (Å²) in [6, 6.07) is 13.7. The van der Waals surface area contributed by atoms with E-state index in [-0.39, 0.29) is 22.1 Å². The molecule has 0 fully saturated rings. The fraction of sp³-hybridized carbons (Fsp3) is 0. The van der Waals surface area contributed by atoms with E-state index < -0.39 is 4.92 Å². The number of ketones is 1. The van der Waals surface area contributed by atoms with Crippen molar-refractivity contribution in [2.45, 2.75) is 0 Å². The van der Waals surface area contributed by atoms with E-state index in [1.807, 2.05) is 46.3 Å². The van der Waals surface area contributed by atoms with Crippen molar-refractivity contribution in [3.63, 3.8) is 0 Å². The SMILES string of the molecule is O=C(/C=C/c1c(-c2ccccc2)nc2sccn12)c1ccc(Cl)c([N+](=O)[O-])c1. The van der Waals surface area contributed by atoms with E-state index in [2.05, 4.69) is 4.98 Å². The number of nitro benzene ring substituents is 1. The van der Waals surface area contributed by atoms with Crippen LogP contribution < -0.4 is 0 Å². The molecule has 4 rings (SSSR count). The van der Waals surface area contributed by atoms with Crippen LogP contribution in [0.1, 0.15) is 16.1 Å². The van der Waals surface area contributed by atoms with Crippen LogP contribution in [-0.2, 0) is 0 Å². The van der Waals surface area contributed by atoms with Crippen molar-refractivity contribution in [1.29, 1.82) is 0 Å². The zero-order valence-electron chi connectivity index (χ0n) is 14.3. The summed E-state index contributed by atoms with van der Waals surface area (Å²) in [5.74, 6) is -0.357. The first-order chi connectivity index (χ1) is 13.5. The molecule has 2 aromatic heterocycles. The molecule has 0 saturated heterocycles. The second-order valence-corrected chi connectivity index (χ2v) is 7.17. The van der Waals surface area contributed by atoms with Gasteiger partial charge in [-0.1, -0.05) is 41.9 Å². The molecule has 0 spiro atoms. The molecule has 0 bridgehead atoms. The Hall–Kier alpha value is -3.29. The van der Waals surface area contributed by atoms with E-state index in [9.17, 15) is 14.9 Å². The maximum Gasteiger partial charge on any atom is 0.288 e. The summed E-state index contributed by atoms with van der Waals surface area (Å²) in [7, 11) is 0. The number of nitro groups is 1. The Kier molecular flexibility index (Phi) is 4.77. The molecule has 0 radical (unpaired) electrons. The van der Waals surface area contributed by atoms with Crippen molar-refractivity contribution in [2.24, 2.45) is 0 Å². The molecule has 138 valence electrons. The lowest BCUT2D eigenvalue weighted by Crippen LogP contribution is -1.97. The van der Waals surface area contributed by atoms with Gasteiger partial charge in [-0.2, -0.15) is 0 Å². The molecular formula is C20H12ClN3O3S. The number of halogens is 1. The van der Waals surface area contributed by atoms with Crippen molar-refractivity contribution in [3.8, 4) is 11.3 Å². The first-order valence-corrected chi connectivity index (χ1v) is 9.47. The predicted octanol–water partition coefficient (Wildman–Crippen LogP) is 5.52. The number of fused-ring (bicyclic) bond motifs is 1. The maximum atomic E-state index is 12.6. The van der Waals surface area contributed by atoms with Gasteiger partial charge in [0.2, 0.25) is 0 Å². The molecule has 0 unspecified atom stereocenters. The van der Waals surface area contributed by atoms with Crippen LogP contribution in [0.25, 0.3) is 22.3 Å². The number of carbonyl (C=O) groups excluding carboxylic acids is 1. The van der Waals surface area contributed by atoms with E-state index in [0.717, 1.165) is 21.9 Å². The topological polar surface area (TPSA) is 77.5 Å². The lowest BCUT2D eigenvalue weighted by molar-refractivity contribution is -0.384. The molecule has 4 aromatic rings. The number of thiazole rings is 1. The highest BCUT2D eigenvalue weighted by Gasteiger charge is 2.16. The number of rotatable bonds is 5. The number of imidazole rings is 1. The Labute approximate surface area is 168 Å². The normalized spacial score (nSPS) is 11.3. The van der Waals surface area contributed by atoms with Crippen LogP contribution in [0.3, 0.4) is 0 Å². The van der Waals surface area contributed by atoms with Crippen LogP contribution in [0.5, 0.6) is 0 Å². The Morgan fingerprint density at radius 2 is 2.00 bits per heavy atom. The quantitative estimate of drug-likeness (QED) is 0.188. The molecule has 0 saturated carbocycles. The predicted molar refractivity (Wildman–Crippen MR) is 110 cm³/mol. The number of hydrogen-bond acceptors (Lipinski definition) is 5. The van der Waals surface area contributed by atoms with Gasteiger partial charge in [0.1, 0.15) is 5.02 Å². The maximum absolute atomic E-state index is 12.6. The summed E-state index contributed by atoms with van der Waals surface area (Å²) in [4.78, 5) is 28.5. The number of nitrogens with zero attached hydrogens (tertiary/aromatic N) is 3. The van der Waals surface area contributed by atoms with Crippen LogP contribution >= 0.6 is 22.9 Å². The van der Waals surface area contributed by atoms with Crippen molar-refractivity contribution < 1.29 is 9.72 Å². The monoisotopic (exact) mass is 409 g/mol. The Morgan fingerprint density at radius 3 is 2.75 bits per heavy atom. The van der Waals surface area contributed by atoms with E-state index >= 15 is 0 Å². The average Bonchev–Trinajstić information content (AvgIpc) is 3.28. The van der Waals surface area contributed by atoms with Gasteiger partial charge in [0, 0.05) is 28.8 Å². The third-order valence-corrected chi connectivity index (χ3v) is 5.24. The smallest absolute Gasteiger partial charge is 0.288 e. The van der Waals surface area contributed by atoms with Crippen LogP contribution in [0.2, 0.25) is 5.02 Å². The molecule has 6 nitrogen and oxygen atoms in total. The Morgan fingerprint density at radius 1 is 1.21 bits per heavy atom. The second-order valence-electron chi connectivity index (χ2n) is 5.89. The minimum absolute atomic E-state index is 0.00679. The average molecular weight is 410 g/mol. The molecule has 0 amide bonds. The van der Waals surface area contributed by atoms with Gasteiger partial charge < -0.3 is 0 Å². The summed E-state index contributed by atoms with van der Waals surface area (Å²) in [5.41, 5.74) is 2.36. The standard InChI is InChI=1S/C20H12ClN3O3S/c21-15-7-6-14(12-17(15)24(26)27)18(25)9-8-16-19(13-4-2-1-3-5-13)22-20-23(16)10-11-28-20/h1-12H/b9-8+. The Bertz CT molecular complexity index is 1230. The number of benzene rings is 2. The van der Waals surface area contributed by atoms with E-state index in [4.69, 9.17) is 11.6 Å². The van der Waals surface area contributed by atoms with E-state index in [1.165, 1.54) is 35.6 Å². The molecule has 0 aliphatic carbocycles. The highest BCUT2D eigenvalue weighted by atomic mass is 35.5. The lowest BCUT2D eigenvalue weighted by atomic mass is 10.1. The van der Waals surface area contributed by atoms with Crippen molar-refractivity contribution in [2.75, 3.05) is 0 Å². The van der Waals surface area contributed by atoms with Gasteiger partial charge in [0.05, 0.1) is 16.3 Å². The molecule has 0 atom stereocenters. The summed E-state index contributed by atoms with van der Waals surface area (Å²) >= 11 is 7.31. The summed E-state index contributed by atoms with van der Waals surface area (Å²) in [5, 5.41) is 12.9. The number of hydrogen-bond donors (Lipinski definition) is 0. The van der Waals surface area contributed by atoms with Crippen LogP contribution in [0, 0.1) is 10.1 Å². The molecule has 0 aliphatic rings. The minimum atomic E-state index is -0.609. The van der Waals surface area contributed by atoms with E-state index in [0.29, 0.717) is 0 Å². The summed E-state index contributed by atoms with van der Waals surface area (Å²) in [6.45, 7) is 0. The molecular weight excluding hydrogens is 398 g/mol. The van der Waals surface area contributed by atoms with Crippen LogP contribution in [-0.4, -0.2) is 20.1 Å². The van der Waals surface area contributed by atoms with Crippen molar-refractivity contribution in [3.05, 3.63) is 92.6 Å². The third-order valence-electron chi connectivity index (χ3n) is 4.17. The second kappa shape index (κ2) is 7.38. The number of aromatic nitrogens is 2. The van der Waals surface area contributed by atoms with E-state index in [1.54, 1.807) is 6.08 Å². The molecule has 0 aliphatic heterocycles. The minimum Gasteiger partial charge on any atom is -0.290 e. The Balaban J connectivity index is 1.73. The fourth-order valence-electron chi connectivity index (χ4n) is 2.83. The summed E-state index contributed by atoms with van der Waals surface area (Å²) < 4.78 is 1.90. The molecule has 8 heteroatoms. The third kappa shape index (κ3) is 3.33. The van der Waals surface area contributed by atoms with Crippen LogP contribution in [0.4, 0.5) is 5.69 Å². The first-order valence-electron chi connectivity index (χ1n) is 8.22. The molecule has 2 aromatic carbocycles. The highest BCUT2D eigenvalue weighted by molar-refractivity contribution is 7.15. The van der Waals surface area contributed by atoms with Gasteiger partial charge in [0.25, 0.3) is 5.69 Å². The zero-order chi connectivity index (χ0) is 19.7. The van der Waals surface area contributed by atoms with Crippen LogP contribution in [0.15, 0.2) is 66.2 Å². The van der Waals surface area contributed by atoms with Gasteiger partial charge in [0.15, 0.2) is 10.7 Å². The highest BCUT2D eigenvalue weighted by Crippen LogP contribution is 2.28. The van der Waals surface area contributed by atoms with Gasteiger partial charge in [-0.25, -0.2) is 4.98 Å². The van der Waals surface area contributed by atoms with Gasteiger partial charge >= 0.3 is 0 Å². The largest absolute Gasteiger partial charge is 0.290 e. The van der Waals surface area contributed by atoms with Gasteiger partial charge in [-0.15, -0.1) is 11.3 Å². The lowest BCUT2D eigenvalue weighted by Gasteiger charge is -2.01. The summed E-state index contributed by atoms with van der Waals surface area (Å²) in [6.07, 6.45) is 4.95. The van der Waals surface area contributed by atoms with Gasteiger partial charge in [-0.05, 0) is 24.3 Å². The zero-order valence-corrected chi connectivity index (χ0v) is 15.9. The van der Waals surface area contributed by atoms with Crippen molar-refractivity contribution >= 4 is 45.4 Å².